The Morgan fingerprint density at radius 3 is 2.52 bits per heavy atom. The molecule has 1 saturated heterocycles. The van der Waals surface area contributed by atoms with E-state index in [2.05, 4.69) is 5.32 Å². The third kappa shape index (κ3) is 4.20. The molecule has 0 bridgehead atoms. The molecule has 2 unspecified atom stereocenters. The zero-order chi connectivity index (χ0) is 15.5. The van der Waals surface area contributed by atoms with E-state index in [0.29, 0.717) is 13.1 Å². The number of halogens is 3. The Morgan fingerprint density at radius 2 is 1.95 bits per heavy atom. The van der Waals surface area contributed by atoms with Crippen LogP contribution in [0.15, 0.2) is 30.3 Å². The zero-order valence-corrected chi connectivity index (χ0v) is 12.6. The van der Waals surface area contributed by atoms with Crippen LogP contribution in [0.3, 0.4) is 0 Å². The van der Waals surface area contributed by atoms with Crippen LogP contribution in [-0.4, -0.2) is 36.2 Å². The Morgan fingerprint density at radius 1 is 1.29 bits per heavy atom. The number of hydrogen-bond acceptors (Lipinski definition) is 2. The van der Waals surface area contributed by atoms with Crippen molar-refractivity contribution in [3.8, 4) is 0 Å². The maximum Gasteiger partial charge on any atom is 0.390 e. The molecule has 0 radical (unpaired) electrons. The van der Waals surface area contributed by atoms with Crippen LogP contribution in [0.5, 0.6) is 0 Å². The van der Waals surface area contributed by atoms with Gasteiger partial charge < -0.3 is 5.32 Å². The number of nitrogens with one attached hydrogen (secondary N) is 1. The number of benzene rings is 1. The summed E-state index contributed by atoms with van der Waals surface area (Å²) >= 11 is 0. The lowest BCUT2D eigenvalue weighted by Crippen LogP contribution is -2.60. The van der Waals surface area contributed by atoms with Gasteiger partial charge in [0.2, 0.25) is 0 Å². The van der Waals surface area contributed by atoms with Gasteiger partial charge in [-0.15, -0.1) is 0 Å². The van der Waals surface area contributed by atoms with Gasteiger partial charge in [-0.3, -0.25) is 4.90 Å². The molecule has 0 saturated carbocycles. The second-order valence-electron chi connectivity index (χ2n) is 6.01. The van der Waals surface area contributed by atoms with Gasteiger partial charge in [-0.2, -0.15) is 13.2 Å². The minimum absolute atomic E-state index is 0.0683. The van der Waals surface area contributed by atoms with Gasteiger partial charge in [0.05, 0.1) is 6.42 Å². The van der Waals surface area contributed by atoms with Crippen LogP contribution in [0.4, 0.5) is 13.2 Å². The lowest BCUT2D eigenvalue weighted by atomic mass is 9.90. The SMILES string of the molecule is CCC1(C)CNC(c2ccccc2)CN1CCC(F)(F)F. The topological polar surface area (TPSA) is 15.3 Å². The first-order chi connectivity index (χ1) is 9.84. The molecule has 2 atom stereocenters. The maximum absolute atomic E-state index is 12.5. The highest BCUT2D eigenvalue weighted by Crippen LogP contribution is 2.30. The summed E-state index contributed by atoms with van der Waals surface area (Å²) in [6.07, 6.45) is -4.01. The second-order valence-corrected chi connectivity index (χ2v) is 6.01. The highest BCUT2D eigenvalue weighted by Gasteiger charge is 2.38. The van der Waals surface area contributed by atoms with Gasteiger partial charge in [-0.05, 0) is 18.9 Å². The summed E-state index contributed by atoms with van der Waals surface area (Å²) in [4.78, 5) is 1.99. The molecule has 2 nitrogen and oxygen atoms in total. The van der Waals surface area contributed by atoms with Crippen LogP contribution in [-0.2, 0) is 0 Å². The molecule has 0 spiro atoms. The van der Waals surface area contributed by atoms with Gasteiger partial charge in [-0.1, -0.05) is 37.3 Å². The molecule has 1 N–H and O–H groups in total. The minimum Gasteiger partial charge on any atom is -0.307 e. The first kappa shape index (κ1) is 16.3. The van der Waals surface area contributed by atoms with E-state index in [9.17, 15) is 13.2 Å². The summed E-state index contributed by atoms with van der Waals surface area (Å²) in [5.74, 6) is 0. The molecule has 2 rings (SSSR count). The zero-order valence-electron chi connectivity index (χ0n) is 12.6. The first-order valence-electron chi connectivity index (χ1n) is 7.44. The van der Waals surface area contributed by atoms with Crippen molar-refractivity contribution in [3.05, 3.63) is 35.9 Å². The first-order valence-corrected chi connectivity index (χ1v) is 7.44. The summed E-state index contributed by atoms with van der Waals surface area (Å²) in [7, 11) is 0. The maximum atomic E-state index is 12.5. The average molecular weight is 300 g/mol. The van der Waals surface area contributed by atoms with Crippen molar-refractivity contribution in [2.45, 2.75) is 44.4 Å². The lowest BCUT2D eigenvalue weighted by molar-refractivity contribution is -0.142. The van der Waals surface area contributed by atoms with E-state index >= 15 is 0 Å². The number of piperazine rings is 1. The minimum atomic E-state index is -4.10. The van der Waals surface area contributed by atoms with Crippen LogP contribution >= 0.6 is 0 Å². The Bertz CT molecular complexity index is 447. The highest BCUT2D eigenvalue weighted by atomic mass is 19.4. The van der Waals surface area contributed by atoms with Crippen LogP contribution in [0, 0.1) is 0 Å². The standard InChI is InChI=1S/C16H23F3N2/c1-3-15(2)12-20-14(13-7-5-4-6-8-13)11-21(15)10-9-16(17,18)19/h4-8,14,20H,3,9-12H2,1-2H3. The quantitative estimate of drug-likeness (QED) is 0.911. The molecular weight excluding hydrogens is 277 g/mol. The Balaban J connectivity index is 2.09. The van der Waals surface area contributed by atoms with Crippen molar-refractivity contribution in [2.75, 3.05) is 19.6 Å². The van der Waals surface area contributed by atoms with E-state index in [1.807, 2.05) is 49.1 Å². The molecule has 118 valence electrons. The molecule has 0 aromatic heterocycles. The Hall–Kier alpha value is -1.07. The van der Waals surface area contributed by atoms with Crippen LogP contribution in [0.2, 0.25) is 0 Å². The molecule has 1 aromatic rings. The largest absolute Gasteiger partial charge is 0.390 e. The number of hydrogen-bond donors (Lipinski definition) is 1. The highest BCUT2D eigenvalue weighted by molar-refractivity contribution is 5.20. The van der Waals surface area contributed by atoms with Crippen molar-refractivity contribution in [1.29, 1.82) is 0 Å². The van der Waals surface area contributed by atoms with Crippen molar-refractivity contribution < 1.29 is 13.2 Å². The Kier molecular flexibility index (Phi) is 4.94. The van der Waals surface area contributed by atoms with Gasteiger partial charge >= 0.3 is 6.18 Å². The van der Waals surface area contributed by atoms with Gasteiger partial charge in [0.25, 0.3) is 0 Å². The second kappa shape index (κ2) is 6.36. The molecule has 5 heteroatoms. The fraction of sp³-hybridized carbons (Fsp3) is 0.625. The molecule has 1 aliphatic rings. The normalized spacial score (nSPS) is 27.8. The summed E-state index contributed by atoms with van der Waals surface area (Å²) in [6, 6.07) is 10.0. The summed E-state index contributed by atoms with van der Waals surface area (Å²) in [6.45, 7) is 5.47. The predicted molar refractivity (Wildman–Crippen MR) is 78.1 cm³/mol. The van der Waals surface area contributed by atoms with Crippen LogP contribution in [0.25, 0.3) is 0 Å². The lowest BCUT2D eigenvalue weighted by Gasteiger charge is -2.48. The Labute approximate surface area is 124 Å². The number of nitrogens with zero attached hydrogens (tertiary/aromatic N) is 1. The molecule has 1 aliphatic heterocycles. The van der Waals surface area contributed by atoms with Crippen molar-refractivity contribution in [3.63, 3.8) is 0 Å². The average Bonchev–Trinajstić information content (AvgIpc) is 2.46. The fourth-order valence-corrected chi connectivity index (χ4v) is 2.84. The van der Waals surface area contributed by atoms with E-state index in [1.165, 1.54) is 0 Å². The van der Waals surface area contributed by atoms with Crippen molar-refractivity contribution >= 4 is 0 Å². The van der Waals surface area contributed by atoms with E-state index in [4.69, 9.17) is 0 Å². The van der Waals surface area contributed by atoms with Crippen molar-refractivity contribution in [2.24, 2.45) is 0 Å². The summed E-state index contributed by atoms with van der Waals surface area (Å²) in [5, 5.41) is 3.48. The third-order valence-corrected chi connectivity index (χ3v) is 4.52. The monoisotopic (exact) mass is 300 g/mol. The molecule has 0 amide bonds. The molecule has 1 heterocycles. The van der Waals surface area contributed by atoms with E-state index < -0.39 is 12.6 Å². The number of alkyl halides is 3. The molecular formula is C16H23F3N2. The predicted octanol–water partition coefficient (Wildman–Crippen LogP) is 3.75. The van der Waals surface area contributed by atoms with E-state index in [-0.39, 0.29) is 18.1 Å². The van der Waals surface area contributed by atoms with Crippen LogP contribution < -0.4 is 5.32 Å². The van der Waals surface area contributed by atoms with Gasteiger partial charge in [0, 0.05) is 31.2 Å². The van der Waals surface area contributed by atoms with Crippen LogP contribution in [0.1, 0.15) is 38.3 Å². The molecule has 1 fully saturated rings. The van der Waals surface area contributed by atoms with Gasteiger partial charge in [0.1, 0.15) is 0 Å². The molecule has 1 aromatic carbocycles. The van der Waals surface area contributed by atoms with Gasteiger partial charge in [0.15, 0.2) is 0 Å². The number of rotatable bonds is 4. The van der Waals surface area contributed by atoms with E-state index in [0.717, 1.165) is 12.0 Å². The smallest absolute Gasteiger partial charge is 0.307 e. The molecule has 0 aliphatic carbocycles. The van der Waals surface area contributed by atoms with E-state index in [1.54, 1.807) is 0 Å². The van der Waals surface area contributed by atoms with Crippen molar-refractivity contribution in [1.82, 2.24) is 10.2 Å². The summed E-state index contributed by atoms with van der Waals surface area (Å²) in [5.41, 5.74) is 0.920. The molecule has 21 heavy (non-hydrogen) atoms. The van der Waals surface area contributed by atoms with Gasteiger partial charge in [-0.25, -0.2) is 0 Å². The fourth-order valence-electron chi connectivity index (χ4n) is 2.84. The summed E-state index contributed by atoms with van der Waals surface area (Å²) < 4.78 is 37.6. The third-order valence-electron chi connectivity index (χ3n) is 4.52.